The fourth-order valence-corrected chi connectivity index (χ4v) is 3.38. The van der Waals surface area contributed by atoms with E-state index in [1.54, 1.807) is 11.0 Å². The number of carbonyl (C=O) groups is 1. The number of imidazole rings is 1. The molecule has 0 aliphatic carbocycles. The van der Waals surface area contributed by atoms with Crippen LogP contribution in [0, 0.1) is 5.82 Å². The van der Waals surface area contributed by atoms with E-state index in [1.165, 1.54) is 31.3 Å². The van der Waals surface area contributed by atoms with Gasteiger partial charge in [0, 0.05) is 19.7 Å². The van der Waals surface area contributed by atoms with Crippen LogP contribution in [0.5, 0.6) is 0 Å². The molecule has 2 aromatic heterocycles. The molecule has 4 rings (SSSR count). The van der Waals surface area contributed by atoms with Crippen molar-refractivity contribution in [2.75, 3.05) is 6.54 Å². The molecule has 1 fully saturated rings. The predicted molar refractivity (Wildman–Crippen MR) is 93.2 cm³/mol. The van der Waals surface area contributed by atoms with Gasteiger partial charge in [0.1, 0.15) is 17.3 Å². The first kappa shape index (κ1) is 16.4. The van der Waals surface area contributed by atoms with Crippen LogP contribution in [0.15, 0.2) is 35.1 Å². The summed E-state index contributed by atoms with van der Waals surface area (Å²) in [6.07, 6.45) is 2.63. The van der Waals surface area contributed by atoms with Crippen molar-refractivity contribution in [2.45, 2.75) is 25.3 Å². The molecule has 7 nitrogen and oxygen atoms in total. The van der Waals surface area contributed by atoms with Crippen LogP contribution in [0.2, 0.25) is 0 Å². The fraction of sp³-hybridized carbons (Fsp3) is 0.333. The average molecular weight is 355 g/mol. The highest BCUT2D eigenvalue weighted by atomic mass is 19.1. The first-order valence-corrected chi connectivity index (χ1v) is 8.53. The van der Waals surface area contributed by atoms with Gasteiger partial charge >= 0.3 is 0 Å². The summed E-state index contributed by atoms with van der Waals surface area (Å²) in [5.41, 5.74) is 1.23. The van der Waals surface area contributed by atoms with E-state index in [9.17, 15) is 14.0 Å². The molecule has 1 saturated heterocycles. The molecule has 3 aromatic rings. The summed E-state index contributed by atoms with van der Waals surface area (Å²) in [6.45, 7) is 0.583. The second kappa shape index (κ2) is 6.36. The number of rotatable bonds is 2. The van der Waals surface area contributed by atoms with Crippen LogP contribution in [-0.2, 0) is 7.05 Å². The first-order valence-electron chi connectivity index (χ1n) is 8.53. The van der Waals surface area contributed by atoms with Crippen LogP contribution >= 0.6 is 0 Å². The normalized spacial score (nSPS) is 17.6. The third-order valence-electron chi connectivity index (χ3n) is 4.72. The van der Waals surface area contributed by atoms with Gasteiger partial charge in [0.25, 0.3) is 11.5 Å². The lowest BCUT2D eigenvalue weighted by atomic mass is 10.0. The number of nitrogens with one attached hydrogen (secondary N) is 1. The van der Waals surface area contributed by atoms with Crippen molar-refractivity contribution in [2.24, 2.45) is 7.05 Å². The molecule has 0 radical (unpaired) electrons. The standard InChI is InChI=1S/C18H18FN5O2/c1-23-16(25)8-7-13(22-23)18(26)24-9-3-2-4-15(24)17-20-12-6-5-11(19)10-14(12)21-17/h5-8,10,15H,2-4,9H2,1H3,(H,20,21)/t15-/m0/s1. The van der Waals surface area contributed by atoms with Gasteiger partial charge in [-0.25, -0.2) is 14.1 Å². The topological polar surface area (TPSA) is 83.9 Å². The second-order valence-corrected chi connectivity index (χ2v) is 6.47. The molecule has 26 heavy (non-hydrogen) atoms. The van der Waals surface area contributed by atoms with Gasteiger partial charge in [-0.1, -0.05) is 0 Å². The number of halogens is 1. The highest BCUT2D eigenvalue weighted by Gasteiger charge is 2.31. The Bertz CT molecular complexity index is 1040. The number of nitrogens with zero attached hydrogens (tertiary/aromatic N) is 4. The number of aromatic amines is 1. The molecule has 1 N–H and O–H groups in total. The third-order valence-corrected chi connectivity index (χ3v) is 4.72. The monoisotopic (exact) mass is 355 g/mol. The maximum Gasteiger partial charge on any atom is 0.274 e. The maximum absolute atomic E-state index is 13.4. The van der Waals surface area contributed by atoms with Gasteiger partial charge in [0.15, 0.2) is 0 Å². The number of fused-ring (bicyclic) bond motifs is 1. The van der Waals surface area contributed by atoms with E-state index in [4.69, 9.17) is 0 Å². The third kappa shape index (κ3) is 2.87. The number of benzene rings is 1. The van der Waals surface area contributed by atoms with Crippen molar-refractivity contribution in [3.63, 3.8) is 0 Å². The molecule has 8 heteroatoms. The maximum atomic E-state index is 13.4. The van der Waals surface area contributed by atoms with Crippen LogP contribution in [0.4, 0.5) is 4.39 Å². The molecule has 1 aromatic carbocycles. The van der Waals surface area contributed by atoms with Gasteiger partial charge < -0.3 is 9.88 Å². The van der Waals surface area contributed by atoms with E-state index in [-0.39, 0.29) is 29.0 Å². The Balaban J connectivity index is 1.70. The zero-order chi connectivity index (χ0) is 18.3. The van der Waals surface area contributed by atoms with E-state index in [0.29, 0.717) is 23.4 Å². The summed E-state index contributed by atoms with van der Waals surface area (Å²) in [6, 6.07) is 6.94. The van der Waals surface area contributed by atoms with Crippen LogP contribution in [0.3, 0.4) is 0 Å². The minimum atomic E-state index is -0.335. The fourth-order valence-electron chi connectivity index (χ4n) is 3.38. The minimum absolute atomic E-state index is 0.223. The number of piperidine rings is 1. The molecule has 1 atom stereocenters. The molecule has 0 spiro atoms. The van der Waals surface area contributed by atoms with Crippen molar-refractivity contribution in [1.82, 2.24) is 24.6 Å². The Morgan fingerprint density at radius 2 is 2.12 bits per heavy atom. The van der Waals surface area contributed by atoms with Crippen molar-refractivity contribution in [3.05, 3.63) is 58.0 Å². The summed E-state index contributed by atoms with van der Waals surface area (Å²) < 4.78 is 14.6. The number of aryl methyl sites for hydroxylation is 1. The Hall–Kier alpha value is -3.03. The molecular weight excluding hydrogens is 337 g/mol. The van der Waals surface area contributed by atoms with E-state index in [1.807, 2.05) is 0 Å². The predicted octanol–water partition coefficient (Wildman–Crippen LogP) is 2.16. The van der Waals surface area contributed by atoms with Gasteiger partial charge in [0.05, 0.1) is 17.1 Å². The van der Waals surface area contributed by atoms with Crippen molar-refractivity contribution in [3.8, 4) is 0 Å². The van der Waals surface area contributed by atoms with Gasteiger partial charge in [-0.15, -0.1) is 0 Å². The van der Waals surface area contributed by atoms with Gasteiger partial charge in [0.2, 0.25) is 0 Å². The molecule has 0 saturated carbocycles. The van der Waals surface area contributed by atoms with E-state index < -0.39 is 0 Å². The zero-order valence-electron chi connectivity index (χ0n) is 14.3. The van der Waals surface area contributed by atoms with Crippen LogP contribution in [-0.4, -0.2) is 37.1 Å². The molecule has 0 bridgehead atoms. The molecule has 134 valence electrons. The number of amides is 1. The number of likely N-dealkylation sites (tertiary alicyclic amines) is 1. The summed E-state index contributed by atoms with van der Waals surface area (Å²) in [5, 5.41) is 4.06. The Kier molecular flexibility index (Phi) is 4.02. The lowest BCUT2D eigenvalue weighted by Gasteiger charge is -2.34. The van der Waals surface area contributed by atoms with Gasteiger partial charge in [-0.2, -0.15) is 5.10 Å². The lowest BCUT2D eigenvalue weighted by molar-refractivity contribution is 0.0592. The Morgan fingerprint density at radius 1 is 1.27 bits per heavy atom. The SMILES string of the molecule is Cn1nc(C(=O)N2CCCC[C@H]2c2nc3ccc(F)cc3[nH]2)ccc1=O. The lowest BCUT2D eigenvalue weighted by Crippen LogP contribution is -2.40. The Morgan fingerprint density at radius 3 is 2.92 bits per heavy atom. The molecular formula is C18H18FN5O2. The molecule has 1 aliphatic heterocycles. The van der Waals surface area contributed by atoms with E-state index >= 15 is 0 Å². The van der Waals surface area contributed by atoms with Crippen molar-refractivity contribution in [1.29, 1.82) is 0 Å². The largest absolute Gasteiger partial charge is 0.340 e. The minimum Gasteiger partial charge on any atom is -0.340 e. The van der Waals surface area contributed by atoms with Crippen LogP contribution in [0.1, 0.15) is 41.6 Å². The number of aromatic nitrogens is 4. The molecule has 1 aliphatic rings. The number of H-pyrrole nitrogens is 1. The number of carbonyl (C=O) groups excluding carboxylic acids is 1. The van der Waals surface area contributed by atoms with Crippen LogP contribution < -0.4 is 5.56 Å². The van der Waals surface area contributed by atoms with E-state index in [2.05, 4.69) is 15.1 Å². The second-order valence-electron chi connectivity index (χ2n) is 6.47. The smallest absolute Gasteiger partial charge is 0.274 e. The highest BCUT2D eigenvalue weighted by Crippen LogP contribution is 2.31. The van der Waals surface area contributed by atoms with Gasteiger partial charge in [-0.3, -0.25) is 9.59 Å². The summed E-state index contributed by atoms with van der Waals surface area (Å²) in [5.74, 6) is 0.0686. The summed E-state index contributed by atoms with van der Waals surface area (Å²) in [7, 11) is 1.51. The van der Waals surface area contributed by atoms with Crippen molar-refractivity contribution >= 4 is 16.9 Å². The average Bonchev–Trinajstić information content (AvgIpc) is 3.06. The molecule has 0 unspecified atom stereocenters. The summed E-state index contributed by atoms with van der Waals surface area (Å²) in [4.78, 5) is 33.9. The van der Waals surface area contributed by atoms with Crippen LogP contribution in [0.25, 0.3) is 11.0 Å². The molecule has 1 amide bonds. The highest BCUT2D eigenvalue weighted by molar-refractivity contribution is 5.92. The van der Waals surface area contributed by atoms with Crippen molar-refractivity contribution < 1.29 is 9.18 Å². The number of hydrogen-bond donors (Lipinski definition) is 1. The number of hydrogen-bond acceptors (Lipinski definition) is 4. The van der Waals surface area contributed by atoms with E-state index in [0.717, 1.165) is 23.9 Å². The quantitative estimate of drug-likeness (QED) is 0.763. The summed E-state index contributed by atoms with van der Waals surface area (Å²) >= 11 is 0. The zero-order valence-corrected chi connectivity index (χ0v) is 14.3. The Labute approximate surface area is 148 Å². The first-order chi connectivity index (χ1) is 12.5. The molecule has 3 heterocycles. The van der Waals surface area contributed by atoms with Gasteiger partial charge in [-0.05, 0) is 43.5 Å².